The Morgan fingerprint density at radius 3 is 2.31 bits per heavy atom. The van der Waals surface area contributed by atoms with Gasteiger partial charge >= 0.3 is 0 Å². The van der Waals surface area contributed by atoms with Gasteiger partial charge in [0.2, 0.25) is 5.91 Å². The summed E-state index contributed by atoms with van der Waals surface area (Å²) >= 11 is 0. The molecule has 222 valence electrons. The largest absolute Gasteiger partial charge is 0.507 e. The Labute approximate surface area is 243 Å². The number of anilines is 1. The first-order valence-corrected chi connectivity index (χ1v) is 13.9. The summed E-state index contributed by atoms with van der Waals surface area (Å²) in [5.74, 6) is -10.5. The molecule has 2 fully saturated rings. The van der Waals surface area contributed by atoms with Gasteiger partial charge in [-0.1, -0.05) is 30.3 Å². The van der Waals surface area contributed by atoms with Gasteiger partial charge < -0.3 is 26.2 Å². The van der Waals surface area contributed by atoms with Crippen LogP contribution in [0, 0.1) is 23.7 Å². The van der Waals surface area contributed by atoms with Gasteiger partial charge in [0.15, 0.2) is 34.7 Å². The third-order valence-corrected chi connectivity index (χ3v) is 9.09. The van der Waals surface area contributed by atoms with Crippen LogP contribution >= 0.6 is 0 Å². The van der Waals surface area contributed by atoms with Crippen molar-refractivity contribution in [3.05, 3.63) is 58.7 Å². The van der Waals surface area contributed by atoms with Gasteiger partial charge in [-0.2, -0.15) is 0 Å². The van der Waals surface area contributed by atoms with E-state index in [1.54, 1.807) is 14.1 Å². The number of carbonyl (C=O) groups excluding carboxylic acids is 5. The summed E-state index contributed by atoms with van der Waals surface area (Å²) < 4.78 is 0. The number of aliphatic hydroxyl groups is 1. The number of primary amides is 1. The van der Waals surface area contributed by atoms with E-state index in [0.717, 1.165) is 5.56 Å². The molecule has 11 heteroatoms. The Bertz CT molecular complexity index is 1490. The molecule has 2 unspecified atom stereocenters. The van der Waals surface area contributed by atoms with Crippen LogP contribution in [0.3, 0.4) is 0 Å². The van der Waals surface area contributed by atoms with Gasteiger partial charge in [-0.15, -0.1) is 0 Å². The van der Waals surface area contributed by atoms with E-state index >= 15 is 0 Å². The zero-order chi connectivity index (χ0) is 30.7. The number of amides is 1. The van der Waals surface area contributed by atoms with Crippen LogP contribution in [0.5, 0.6) is 5.75 Å². The van der Waals surface area contributed by atoms with Crippen LogP contribution in [0.25, 0.3) is 0 Å². The number of nitrogens with zero attached hydrogens (tertiary/aromatic N) is 2. The smallest absolute Gasteiger partial charge is 0.235 e. The first kappa shape index (κ1) is 29.6. The minimum absolute atomic E-state index is 0.00990. The van der Waals surface area contributed by atoms with Crippen molar-refractivity contribution in [3.8, 4) is 5.75 Å². The summed E-state index contributed by atoms with van der Waals surface area (Å²) in [6.07, 6.45) is 0.225. The standard InChI is InChI=1S/C31H36N4O7/c1-34(2)20-12-17(14-33-13-15-8-6-5-7-9-15)25(36)22-18(20)10-16-11-19-24(35(3)4)27(38)23(30(32)41)29(40)31(19,42)28(39)21(16)26(22)37/h5-9,12,16,19,21,23-24,33,36,42H,10-11,13-14H2,1-4H3,(H2,32,41)/t16-,19-,21?,23?,24-,31-/m1/s1. The maximum Gasteiger partial charge on any atom is 0.235 e. The van der Waals surface area contributed by atoms with Crippen molar-refractivity contribution >= 4 is 34.7 Å². The van der Waals surface area contributed by atoms with Crippen molar-refractivity contribution in [2.75, 3.05) is 33.1 Å². The number of hydrogen-bond acceptors (Lipinski definition) is 10. The zero-order valence-electron chi connectivity index (χ0n) is 24.1. The molecule has 0 aliphatic heterocycles. The number of phenols is 1. The molecule has 3 aliphatic carbocycles. The first-order valence-electron chi connectivity index (χ1n) is 13.9. The number of nitrogens with two attached hydrogens (primary N) is 1. The lowest BCUT2D eigenvalue weighted by Crippen LogP contribution is -2.74. The summed E-state index contributed by atoms with van der Waals surface area (Å²) in [5, 5.41) is 26.4. The predicted molar refractivity (Wildman–Crippen MR) is 153 cm³/mol. The SMILES string of the molecule is CN(C)c1cc(CNCc2ccccc2)c(O)c2c1C[C@@H]1C[C@@H]3[C@@H](N(C)C)C(=O)C(C(N)=O)C(=O)[C@]3(O)C(=O)C1C2=O. The highest BCUT2D eigenvalue weighted by atomic mass is 16.3. The second kappa shape index (κ2) is 10.7. The maximum atomic E-state index is 14.1. The number of benzene rings is 2. The van der Waals surface area contributed by atoms with Gasteiger partial charge in [-0.05, 0) is 50.0 Å². The van der Waals surface area contributed by atoms with Crippen LogP contribution in [-0.2, 0) is 38.7 Å². The van der Waals surface area contributed by atoms with Crippen LogP contribution in [0.4, 0.5) is 5.69 Å². The molecule has 11 nitrogen and oxygen atoms in total. The Balaban J connectivity index is 1.56. The monoisotopic (exact) mass is 576 g/mol. The van der Waals surface area contributed by atoms with Crippen LogP contribution in [0.1, 0.15) is 33.5 Å². The van der Waals surface area contributed by atoms with E-state index < -0.39 is 64.4 Å². The maximum absolute atomic E-state index is 14.1. The molecule has 3 aliphatic rings. The third kappa shape index (κ3) is 4.43. The predicted octanol–water partition coefficient (Wildman–Crippen LogP) is 0.223. The molecule has 6 atom stereocenters. The molecule has 0 aromatic heterocycles. The Hall–Kier alpha value is -3.93. The molecule has 42 heavy (non-hydrogen) atoms. The highest BCUT2D eigenvalue weighted by molar-refractivity contribution is 6.32. The average molecular weight is 577 g/mol. The minimum Gasteiger partial charge on any atom is -0.507 e. The molecule has 0 radical (unpaired) electrons. The topological polar surface area (TPSA) is 170 Å². The molecular weight excluding hydrogens is 540 g/mol. The fourth-order valence-corrected chi connectivity index (χ4v) is 7.18. The molecular formula is C31H36N4O7. The molecule has 0 heterocycles. The number of phenolic OH excluding ortho intramolecular Hbond substituents is 1. The molecule has 0 spiro atoms. The summed E-state index contributed by atoms with van der Waals surface area (Å²) in [6.45, 7) is 0.761. The number of ketones is 4. The molecule has 2 aromatic carbocycles. The van der Waals surface area contributed by atoms with E-state index in [0.29, 0.717) is 23.4 Å². The van der Waals surface area contributed by atoms with Gasteiger partial charge in [-0.3, -0.25) is 28.9 Å². The molecule has 0 saturated heterocycles. The van der Waals surface area contributed by atoms with Crippen molar-refractivity contribution in [2.24, 2.45) is 29.4 Å². The van der Waals surface area contributed by atoms with Gasteiger partial charge in [0.25, 0.3) is 0 Å². The van der Waals surface area contributed by atoms with E-state index in [4.69, 9.17) is 5.73 Å². The van der Waals surface area contributed by atoms with E-state index in [-0.39, 0.29) is 30.7 Å². The molecule has 2 aromatic rings. The third-order valence-electron chi connectivity index (χ3n) is 9.09. The van der Waals surface area contributed by atoms with Crippen LogP contribution in [-0.4, -0.2) is 84.0 Å². The van der Waals surface area contributed by atoms with Gasteiger partial charge in [0, 0.05) is 44.4 Å². The number of Topliss-reactive ketones (excluding diaryl/α,β-unsaturated/α-hetero) is 4. The van der Waals surface area contributed by atoms with Gasteiger partial charge in [0.1, 0.15) is 5.75 Å². The summed E-state index contributed by atoms with van der Waals surface area (Å²) in [4.78, 5) is 70.3. The number of nitrogens with one attached hydrogen (secondary N) is 1. The van der Waals surface area contributed by atoms with E-state index in [9.17, 15) is 34.2 Å². The molecule has 5 rings (SSSR count). The van der Waals surface area contributed by atoms with Crippen LogP contribution in [0.15, 0.2) is 36.4 Å². The Morgan fingerprint density at radius 2 is 1.71 bits per heavy atom. The first-order chi connectivity index (χ1) is 19.8. The van der Waals surface area contributed by atoms with Crippen molar-refractivity contribution in [1.82, 2.24) is 10.2 Å². The van der Waals surface area contributed by atoms with Crippen molar-refractivity contribution in [1.29, 1.82) is 0 Å². The van der Waals surface area contributed by atoms with E-state index in [1.165, 1.54) is 4.90 Å². The van der Waals surface area contributed by atoms with Crippen molar-refractivity contribution < 1.29 is 34.2 Å². The minimum atomic E-state index is -2.74. The van der Waals surface area contributed by atoms with Gasteiger partial charge in [0.05, 0.1) is 17.5 Å². The molecule has 1 amide bonds. The lowest BCUT2D eigenvalue weighted by Gasteiger charge is -2.52. The van der Waals surface area contributed by atoms with Crippen LogP contribution < -0.4 is 16.0 Å². The Morgan fingerprint density at radius 1 is 1.05 bits per heavy atom. The lowest BCUT2D eigenvalue weighted by atomic mass is 9.52. The van der Waals surface area contributed by atoms with Crippen LogP contribution in [0.2, 0.25) is 0 Å². The second-order valence-electron chi connectivity index (χ2n) is 12.0. The summed E-state index contributed by atoms with van der Waals surface area (Å²) in [5.41, 5.74) is 5.40. The number of fused-ring (bicyclic) bond motifs is 3. The quantitative estimate of drug-likeness (QED) is 0.335. The molecule has 2 saturated carbocycles. The van der Waals surface area contributed by atoms with E-state index in [2.05, 4.69) is 5.32 Å². The lowest BCUT2D eigenvalue weighted by molar-refractivity contribution is -0.181. The number of rotatable bonds is 7. The Kier molecular flexibility index (Phi) is 7.55. The fraction of sp³-hybridized carbons (Fsp3) is 0.452. The molecule has 5 N–H and O–H groups in total. The van der Waals surface area contributed by atoms with E-state index in [1.807, 2.05) is 55.4 Å². The number of likely N-dealkylation sites (N-methyl/N-ethyl adjacent to an activating group) is 1. The number of carbonyl (C=O) groups is 5. The summed E-state index contributed by atoms with van der Waals surface area (Å²) in [7, 11) is 6.76. The number of hydrogen-bond donors (Lipinski definition) is 4. The zero-order valence-corrected chi connectivity index (χ0v) is 24.1. The number of aromatic hydroxyl groups is 1. The highest BCUT2D eigenvalue weighted by Crippen LogP contribution is 2.52. The average Bonchev–Trinajstić information content (AvgIpc) is 2.92. The van der Waals surface area contributed by atoms with Crippen molar-refractivity contribution in [2.45, 2.75) is 37.6 Å². The van der Waals surface area contributed by atoms with Crippen molar-refractivity contribution in [3.63, 3.8) is 0 Å². The summed E-state index contributed by atoms with van der Waals surface area (Å²) in [6, 6.07) is 10.4. The fourth-order valence-electron chi connectivity index (χ4n) is 7.18. The van der Waals surface area contributed by atoms with Gasteiger partial charge in [-0.25, -0.2) is 0 Å². The molecule has 0 bridgehead atoms. The normalized spacial score (nSPS) is 28.8. The highest BCUT2D eigenvalue weighted by Gasteiger charge is 2.69. The second-order valence-corrected chi connectivity index (χ2v) is 12.0.